The molecular weight excluding hydrogens is 332 g/mol. The first-order chi connectivity index (χ1) is 12.5. The molecule has 2 aliphatic rings. The van der Waals surface area contributed by atoms with Crippen LogP contribution in [0.15, 0.2) is 24.3 Å². The van der Waals surface area contributed by atoms with Crippen molar-refractivity contribution in [2.75, 3.05) is 11.9 Å². The van der Waals surface area contributed by atoms with E-state index in [4.69, 9.17) is 5.11 Å². The SMILES string of the molecule is O=C(O)CNC(=O)Cc1ccc(NC(=O)C2CC2C2CCCCC2)cc1. The number of anilines is 1. The number of rotatable bonds is 7. The number of carbonyl (C=O) groups is 3. The fourth-order valence-electron chi connectivity index (χ4n) is 3.96. The molecule has 0 heterocycles. The largest absolute Gasteiger partial charge is 0.480 e. The molecule has 0 spiro atoms. The molecule has 0 saturated heterocycles. The summed E-state index contributed by atoms with van der Waals surface area (Å²) in [7, 11) is 0. The average Bonchev–Trinajstić information content (AvgIpc) is 3.43. The lowest BCUT2D eigenvalue weighted by Gasteiger charge is -2.21. The normalized spacial score (nSPS) is 22.5. The molecule has 2 amide bonds. The zero-order valence-corrected chi connectivity index (χ0v) is 14.9. The molecule has 3 N–H and O–H groups in total. The molecule has 2 unspecified atom stereocenters. The van der Waals surface area contributed by atoms with Gasteiger partial charge in [-0.1, -0.05) is 44.2 Å². The number of benzene rings is 1. The Morgan fingerprint density at radius 1 is 1.04 bits per heavy atom. The maximum Gasteiger partial charge on any atom is 0.322 e. The molecule has 0 aromatic heterocycles. The third-order valence-corrected chi connectivity index (χ3v) is 5.45. The maximum atomic E-state index is 12.4. The molecule has 0 aliphatic heterocycles. The number of carbonyl (C=O) groups excluding carboxylic acids is 2. The highest BCUT2D eigenvalue weighted by Gasteiger charge is 2.47. The van der Waals surface area contributed by atoms with Gasteiger partial charge in [0.1, 0.15) is 6.54 Å². The summed E-state index contributed by atoms with van der Waals surface area (Å²) in [6.07, 6.45) is 7.61. The summed E-state index contributed by atoms with van der Waals surface area (Å²) in [5.74, 6) is 0.145. The summed E-state index contributed by atoms with van der Waals surface area (Å²) in [6, 6.07) is 7.13. The Labute approximate surface area is 153 Å². The highest BCUT2D eigenvalue weighted by molar-refractivity contribution is 5.94. The molecule has 2 atom stereocenters. The van der Waals surface area contributed by atoms with E-state index in [1.165, 1.54) is 32.1 Å². The van der Waals surface area contributed by atoms with Crippen LogP contribution < -0.4 is 10.6 Å². The molecule has 2 aliphatic carbocycles. The van der Waals surface area contributed by atoms with E-state index in [-0.39, 0.29) is 30.7 Å². The molecule has 6 nitrogen and oxygen atoms in total. The van der Waals surface area contributed by atoms with Crippen LogP contribution in [0.5, 0.6) is 0 Å². The van der Waals surface area contributed by atoms with Gasteiger partial charge in [0.15, 0.2) is 0 Å². The Hall–Kier alpha value is -2.37. The Morgan fingerprint density at radius 2 is 1.73 bits per heavy atom. The van der Waals surface area contributed by atoms with Gasteiger partial charge in [-0.25, -0.2) is 0 Å². The van der Waals surface area contributed by atoms with Gasteiger partial charge >= 0.3 is 5.97 Å². The Kier molecular flexibility index (Phi) is 5.91. The van der Waals surface area contributed by atoms with Gasteiger partial charge in [0.25, 0.3) is 0 Å². The number of amides is 2. The molecule has 3 rings (SSSR count). The van der Waals surface area contributed by atoms with Gasteiger partial charge in [0.2, 0.25) is 11.8 Å². The van der Waals surface area contributed by atoms with Gasteiger partial charge < -0.3 is 15.7 Å². The monoisotopic (exact) mass is 358 g/mol. The van der Waals surface area contributed by atoms with Crippen LogP contribution in [0.4, 0.5) is 5.69 Å². The third-order valence-electron chi connectivity index (χ3n) is 5.45. The number of hydrogen-bond donors (Lipinski definition) is 3. The van der Waals surface area contributed by atoms with E-state index in [0.29, 0.717) is 5.92 Å². The van der Waals surface area contributed by atoms with Crippen molar-refractivity contribution >= 4 is 23.5 Å². The second-order valence-electron chi connectivity index (χ2n) is 7.44. The van der Waals surface area contributed by atoms with Crippen LogP contribution >= 0.6 is 0 Å². The predicted molar refractivity (Wildman–Crippen MR) is 97.6 cm³/mol. The van der Waals surface area contributed by atoms with Gasteiger partial charge in [-0.2, -0.15) is 0 Å². The maximum absolute atomic E-state index is 12.4. The molecular formula is C20H26N2O4. The first-order valence-corrected chi connectivity index (χ1v) is 9.41. The molecule has 0 bridgehead atoms. The van der Waals surface area contributed by atoms with Crippen molar-refractivity contribution in [1.29, 1.82) is 0 Å². The predicted octanol–water partition coefficient (Wildman–Crippen LogP) is 2.58. The van der Waals surface area contributed by atoms with Crippen LogP contribution in [0.3, 0.4) is 0 Å². The lowest BCUT2D eigenvalue weighted by atomic mass is 9.85. The zero-order chi connectivity index (χ0) is 18.5. The fourth-order valence-corrected chi connectivity index (χ4v) is 3.96. The lowest BCUT2D eigenvalue weighted by Crippen LogP contribution is -2.30. The highest BCUT2D eigenvalue weighted by atomic mass is 16.4. The second kappa shape index (κ2) is 8.34. The molecule has 140 valence electrons. The van der Waals surface area contributed by atoms with Gasteiger partial charge in [-0.3, -0.25) is 14.4 Å². The number of carboxylic acids is 1. The summed E-state index contributed by atoms with van der Waals surface area (Å²) < 4.78 is 0. The van der Waals surface area contributed by atoms with Crippen LogP contribution in [-0.2, 0) is 20.8 Å². The van der Waals surface area contributed by atoms with Crippen LogP contribution in [0.2, 0.25) is 0 Å². The summed E-state index contributed by atoms with van der Waals surface area (Å²) in [5, 5.41) is 13.9. The minimum Gasteiger partial charge on any atom is -0.480 e. The number of hydrogen-bond acceptors (Lipinski definition) is 3. The molecule has 2 fully saturated rings. The van der Waals surface area contributed by atoms with Crippen molar-refractivity contribution in [3.8, 4) is 0 Å². The smallest absolute Gasteiger partial charge is 0.322 e. The number of nitrogens with one attached hydrogen (secondary N) is 2. The Morgan fingerprint density at radius 3 is 2.38 bits per heavy atom. The van der Waals surface area contributed by atoms with E-state index in [1.807, 2.05) is 0 Å². The highest BCUT2D eigenvalue weighted by Crippen LogP contribution is 2.49. The van der Waals surface area contributed by atoms with Gasteiger partial charge in [-0.15, -0.1) is 0 Å². The van der Waals surface area contributed by atoms with Crippen molar-refractivity contribution < 1.29 is 19.5 Å². The Bertz CT molecular complexity index is 665. The van der Waals surface area contributed by atoms with Crippen LogP contribution in [0.25, 0.3) is 0 Å². The van der Waals surface area contributed by atoms with E-state index in [1.54, 1.807) is 24.3 Å². The second-order valence-corrected chi connectivity index (χ2v) is 7.44. The standard InChI is InChI=1S/C20H26N2O4/c23-18(21-12-19(24)25)10-13-6-8-15(9-7-13)22-20(26)17-11-16(17)14-4-2-1-3-5-14/h6-9,14,16-17H,1-5,10-12H2,(H,21,23)(H,22,26)(H,24,25). The van der Waals surface area contributed by atoms with Crippen molar-refractivity contribution in [2.24, 2.45) is 17.8 Å². The van der Waals surface area contributed by atoms with E-state index in [9.17, 15) is 14.4 Å². The third kappa shape index (κ3) is 5.07. The van der Waals surface area contributed by atoms with Crippen molar-refractivity contribution in [1.82, 2.24) is 5.32 Å². The zero-order valence-electron chi connectivity index (χ0n) is 14.9. The Balaban J connectivity index is 1.45. The fraction of sp³-hybridized carbons (Fsp3) is 0.550. The summed E-state index contributed by atoms with van der Waals surface area (Å²) >= 11 is 0. The summed E-state index contributed by atoms with van der Waals surface area (Å²) in [4.78, 5) is 34.5. The van der Waals surface area contributed by atoms with Crippen LogP contribution in [0.1, 0.15) is 44.1 Å². The minimum atomic E-state index is -1.07. The average molecular weight is 358 g/mol. The van der Waals surface area contributed by atoms with E-state index in [2.05, 4.69) is 10.6 Å². The van der Waals surface area contributed by atoms with Gasteiger partial charge in [0.05, 0.1) is 6.42 Å². The minimum absolute atomic E-state index is 0.104. The number of carboxylic acid groups (broad SMARTS) is 1. The van der Waals surface area contributed by atoms with Gasteiger partial charge in [0, 0.05) is 11.6 Å². The van der Waals surface area contributed by atoms with Crippen LogP contribution in [-0.4, -0.2) is 29.4 Å². The lowest BCUT2D eigenvalue weighted by molar-refractivity contribution is -0.137. The van der Waals surface area contributed by atoms with Crippen molar-refractivity contribution in [3.63, 3.8) is 0 Å². The molecule has 6 heteroatoms. The summed E-state index contributed by atoms with van der Waals surface area (Å²) in [5.41, 5.74) is 1.51. The van der Waals surface area contributed by atoms with E-state index < -0.39 is 5.97 Å². The van der Waals surface area contributed by atoms with Crippen LogP contribution in [0, 0.1) is 17.8 Å². The first kappa shape index (κ1) is 18.4. The topological polar surface area (TPSA) is 95.5 Å². The van der Waals surface area contributed by atoms with E-state index >= 15 is 0 Å². The van der Waals surface area contributed by atoms with Crippen molar-refractivity contribution in [3.05, 3.63) is 29.8 Å². The molecule has 1 aromatic carbocycles. The molecule has 2 saturated carbocycles. The quantitative estimate of drug-likeness (QED) is 0.698. The molecule has 0 radical (unpaired) electrons. The van der Waals surface area contributed by atoms with E-state index in [0.717, 1.165) is 23.6 Å². The molecule has 1 aromatic rings. The first-order valence-electron chi connectivity index (χ1n) is 9.41. The van der Waals surface area contributed by atoms with Gasteiger partial charge in [-0.05, 0) is 36.0 Å². The molecule has 26 heavy (non-hydrogen) atoms. The van der Waals surface area contributed by atoms with Crippen molar-refractivity contribution in [2.45, 2.75) is 44.9 Å². The summed E-state index contributed by atoms with van der Waals surface area (Å²) in [6.45, 7) is -0.378. The number of aliphatic carboxylic acids is 1.